The molecule has 0 radical (unpaired) electrons. The highest BCUT2D eigenvalue weighted by molar-refractivity contribution is 7.99. The summed E-state index contributed by atoms with van der Waals surface area (Å²) in [5.41, 5.74) is 4.72. The topological polar surface area (TPSA) is 102 Å². The lowest BCUT2D eigenvalue weighted by molar-refractivity contribution is -0.143. The quantitative estimate of drug-likeness (QED) is 0.732. The van der Waals surface area contributed by atoms with Crippen molar-refractivity contribution in [2.75, 3.05) is 5.75 Å². The molecule has 1 heterocycles. The maximum atomic E-state index is 11.1. The van der Waals surface area contributed by atoms with Crippen LogP contribution in [0.4, 0.5) is 0 Å². The summed E-state index contributed by atoms with van der Waals surface area (Å²) in [7, 11) is 0. The van der Waals surface area contributed by atoms with Crippen molar-refractivity contribution in [3.63, 3.8) is 0 Å². The minimum absolute atomic E-state index is 0.0709. The van der Waals surface area contributed by atoms with Crippen molar-refractivity contribution >= 4 is 17.7 Å². The van der Waals surface area contributed by atoms with Crippen LogP contribution in [-0.2, 0) is 4.79 Å². The number of nitrogens with two attached hydrogens (primary N) is 1. The van der Waals surface area contributed by atoms with E-state index in [0.29, 0.717) is 11.1 Å². The number of rotatable bonds is 5. The van der Waals surface area contributed by atoms with E-state index >= 15 is 0 Å². The zero-order valence-corrected chi connectivity index (χ0v) is 9.66. The van der Waals surface area contributed by atoms with Gasteiger partial charge >= 0.3 is 5.97 Å². The van der Waals surface area contributed by atoms with Crippen LogP contribution in [0.3, 0.4) is 0 Å². The molecule has 1 unspecified atom stereocenters. The number of carbonyl (C=O) groups is 1. The summed E-state index contributed by atoms with van der Waals surface area (Å²) in [6.45, 7) is 1.69. The molecule has 1 atom stereocenters. The van der Waals surface area contributed by atoms with Gasteiger partial charge in [0, 0.05) is 12.7 Å². The van der Waals surface area contributed by atoms with E-state index in [9.17, 15) is 4.79 Å². The summed E-state index contributed by atoms with van der Waals surface area (Å²) in [4.78, 5) is 11.1. The Balaban J connectivity index is 1.99. The molecular weight excluding hydrogens is 230 g/mol. The molecule has 6 nitrogen and oxygen atoms in total. The Bertz CT molecular complexity index is 404. The fraction of sp³-hybridized carbons (Fsp3) is 0.667. The summed E-state index contributed by atoms with van der Waals surface area (Å²) in [5.74, 6) is -0.165. The van der Waals surface area contributed by atoms with Crippen molar-refractivity contribution in [1.82, 2.24) is 10.2 Å². The molecule has 2 rings (SSSR count). The van der Waals surface area contributed by atoms with Crippen molar-refractivity contribution < 1.29 is 14.3 Å². The molecule has 1 aliphatic rings. The molecule has 1 saturated carbocycles. The van der Waals surface area contributed by atoms with Crippen LogP contribution >= 0.6 is 11.8 Å². The second kappa shape index (κ2) is 4.06. The third-order valence-corrected chi connectivity index (χ3v) is 3.68. The normalized spacial score (nSPS) is 19.4. The van der Waals surface area contributed by atoms with Gasteiger partial charge < -0.3 is 15.3 Å². The molecule has 0 aliphatic heterocycles. The van der Waals surface area contributed by atoms with Crippen molar-refractivity contribution in [2.24, 2.45) is 11.7 Å². The van der Waals surface area contributed by atoms with Crippen LogP contribution in [0.15, 0.2) is 9.64 Å². The van der Waals surface area contributed by atoms with Gasteiger partial charge in [0.05, 0.1) is 0 Å². The third kappa shape index (κ3) is 2.19. The minimum Gasteiger partial charge on any atom is -0.480 e. The standard InChI is InChI=1S/C9H13N3O3S/c1-5-11-12-8(15-5)16-4-9(10,7(13)14)6-2-3-6/h6H,2-4,10H2,1H3,(H,13,14). The zero-order chi connectivity index (χ0) is 11.8. The molecule has 7 heteroatoms. The minimum atomic E-state index is -1.17. The number of aliphatic carboxylic acids is 1. The summed E-state index contributed by atoms with van der Waals surface area (Å²) in [5, 5.41) is 16.9. The summed E-state index contributed by atoms with van der Waals surface area (Å²) < 4.78 is 5.15. The molecule has 3 N–H and O–H groups in total. The largest absolute Gasteiger partial charge is 0.480 e. The van der Waals surface area contributed by atoms with Gasteiger partial charge in [-0.3, -0.25) is 4.79 Å². The van der Waals surface area contributed by atoms with Gasteiger partial charge in [-0.15, -0.1) is 10.2 Å². The van der Waals surface area contributed by atoms with E-state index < -0.39 is 11.5 Å². The highest BCUT2D eigenvalue weighted by atomic mass is 32.2. The Kier molecular flexibility index (Phi) is 2.90. The predicted molar refractivity (Wildman–Crippen MR) is 57.0 cm³/mol. The first-order valence-corrected chi connectivity index (χ1v) is 5.96. The van der Waals surface area contributed by atoms with Gasteiger partial charge in [-0.25, -0.2) is 0 Å². The number of carboxylic acid groups (broad SMARTS) is 1. The van der Waals surface area contributed by atoms with Crippen molar-refractivity contribution in [3.05, 3.63) is 5.89 Å². The van der Waals surface area contributed by atoms with Crippen LogP contribution < -0.4 is 5.73 Å². The smallest absolute Gasteiger partial charge is 0.324 e. The zero-order valence-electron chi connectivity index (χ0n) is 8.84. The average molecular weight is 243 g/mol. The van der Waals surface area contributed by atoms with Crippen molar-refractivity contribution in [3.8, 4) is 0 Å². The molecule has 0 spiro atoms. The maximum Gasteiger partial charge on any atom is 0.324 e. The average Bonchev–Trinajstić information content (AvgIpc) is 2.99. The highest BCUT2D eigenvalue weighted by Crippen LogP contribution is 2.40. The number of carboxylic acids is 1. The Morgan fingerprint density at radius 3 is 2.81 bits per heavy atom. The number of hydrogen-bond acceptors (Lipinski definition) is 6. The molecule has 88 valence electrons. The van der Waals surface area contributed by atoms with Gasteiger partial charge in [-0.2, -0.15) is 0 Å². The lowest BCUT2D eigenvalue weighted by atomic mass is 9.98. The number of hydrogen-bond donors (Lipinski definition) is 2. The summed E-state index contributed by atoms with van der Waals surface area (Å²) in [6.07, 6.45) is 1.76. The lowest BCUT2D eigenvalue weighted by Gasteiger charge is -2.22. The Morgan fingerprint density at radius 2 is 2.38 bits per heavy atom. The van der Waals surface area contributed by atoms with E-state index in [4.69, 9.17) is 15.3 Å². The molecule has 1 aromatic heterocycles. The molecule has 16 heavy (non-hydrogen) atoms. The van der Waals surface area contributed by atoms with Gasteiger partial charge in [0.15, 0.2) is 0 Å². The number of aryl methyl sites for hydroxylation is 1. The maximum absolute atomic E-state index is 11.1. The third-order valence-electron chi connectivity index (χ3n) is 2.65. The lowest BCUT2D eigenvalue weighted by Crippen LogP contribution is -2.52. The molecular formula is C9H13N3O3S. The van der Waals surface area contributed by atoms with Gasteiger partial charge in [0.25, 0.3) is 5.22 Å². The van der Waals surface area contributed by atoms with E-state index in [0.717, 1.165) is 12.8 Å². The molecule has 0 bridgehead atoms. The molecule has 1 aliphatic carbocycles. The van der Waals surface area contributed by atoms with Crippen LogP contribution in [0.25, 0.3) is 0 Å². The van der Waals surface area contributed by atoms with E-state index in [1.165, 1.54) is 11.8 Å². The first kappa shape index (κ1) is 11.4. The molecule has 0 amide bonds. The van der Waals surface area contributed by atoms with E-state index in [2.05, 4.69) is 10.2 Å². The number of thioether (sulfide) groups is 1. The number of nitrogens with zero attached hydrogens (tertiary/aromatic N) is 2. The van der Waals surface area contributed by atoms with Crippen molar-refractivity contribution in [2.45, 2.75) is 30.5 Å². The fourth-order valence-corrected chi connectivity index (χ4v) is 2.47. The van der Waals surface area contributed by atoms with Gasteiger partial charge in [0.1, 0.15) is 5.54 Å². The van der Waals surface area contributed by atoms with E-state index in [1.54, 1.807) is 6.92 Å². The van der Waals surface area contributed by atoms with Crippen LogP contribution in [0.1, 0.15) is 18.7 Å². The summed E-state index contributed by atoms with van der Waals surface area (Å²) in [6, 6.07) is 0. The predicted octanol–water partition coefficient (Wildman–Crippen LogP) is 0.662. The first-order chi connectivity index (χ1) is 7.52. The van der Waals surface area contributed by atoms with Crippen LogP contribution in [0.5, 0.6) is 0 Å². The van der Waals surface area contributed by atoms with E-state index in [1.807, 2.05) is 0 Å². The van der Waals surface area contributed by atoms with Gasteiger partial charge in [-0.05, 0) is 18.8 Å². The molecule has 0 saturated heterocycles. The Morgan fingerprint density at radius 1 is 1.69 bits per heavy atom. The first-order valence-electron chi connectivity index (χ1n) is 4.97. The highest BCUT2D eigenvalue weighted by Gasteiger charge is 2.48. The second-order valence-electron chi connectivity index (χ2n) is 4.00. The van der Waals surface area contributed by atoms with Crippen LogP contribution in [0.2, 0.25) is 0 Å². The Hall–Kier alpha value is -1.08. The molecule has 1 fully saturated rings. The number of aromatic nitrogens is 2. The Labute approximate surface area is 96.6 Å². The van der Waals surface area contributed by atoms with Gasteiger partial charge in [-0.1, -0.05) is 11.8 Å². The molecule has 0 aromatic carbocycles. The SMILES string of the molecule is Cc1nnc(SCC(N)(C(=O)O)C2CC2)o1. The van der Waals surface area contributed by atoms with Crippen molar-refractivity contribution in [1.29, 1.82) is 0 Å². The van der Waals surface area contributed by atoms with Gasteiger partial charge in [0.2, 0.25) is 5.89 Å². The molecule has 1 aromatic rings. The monoisotopic (exact) mass is 243 g/mol. The second-order valence-corrected chi connectivity index (χ2v) is 4.92. The van der Waals surface area contributed by atoms with Crippen LogP contribution in [-0.4, -0.2) is 32.6 Å². The summed E-state index contributed by atoms with van der Waals surface area (Å²) >= 11 is 1.20. The van der Waals surface area contributed by atoms with Crippen LogP contribution in [0, 0.1) is 12.8 Å². The fourth-order valence-electron chi connectivity index (χ4n) is 1.47. The van der Waals surface area contributed by atoms with E-state index in [-0.39, 0.29) is 11.7 Å².